The molecule has 3 nitrogen and oxygen atoms in total. The lowest BCUT2D eigenvalue weighted by Crippen LogP contribution is -2.52. The molecule has 1 rings (SSSR count). The molecule has 0 unspecified atom stereocenters. The molecule has 0 aromatic rings. The van der Waals surface area contributed by atoms with Gasteiger partial charge < -0.3 is 10.6 Å². The zero-order valence-corrected chi connectivity index (χ0v) is 12.9. The van der Waals surface area contributed by atoms with Crippen LogP contribution in [-0.2, 0) is 4.79 Å². The molecule has 0 radical (unpaired) electrons. The van der Waals surface area contributed by atoms with E-state index in [9.17, 15) is 4.79 Å². The Morgan fingerprint density at radius 1 is 1.35 bits per heavy atom. The van der Waals surface area contributed by atoms with E-state index in [2.05, 4.69) is 38.3 Å². The Kier molecular flexibility index (Phi) is 6.89. The molecule has 0 aromatic heterocycles. The van der Waals surface area contributed by atoms with Crippen molar-refractivity contribution in [3.8, 4) is 0 Å². The molecule has 1 heterocycles. The van der Waals surface area contributed by atoms with Crippen molar-refractivity contribution in [2.24, 2.45) is 0 Å². The quantitative estimate of drug-likeness (QED) is 0.833. The minimum Gasteiger partial charge on any atom is -0.350 e. The molecule has 1 saturated heterocycles. The van der Waals surface area contributed by atoms with E-state index in [1.165, 1.54) is 0 Å². The summed E-state index contributed by atoms with van der Waals surface area (Å²) in [5, 5.41) is 6.48. The first-order chi connectivity index (χ1) is 7.31. The normalized spacial score (nSPS) is 19.3. The van der Waals surface area contributed by atoms with Crippen molar-refractivity contribution in [1.29, 1.82) is 0 Å². The van der Waals surface area contributed by atoms with Gasteiger partial charge in [-0.15, -0.1) is 24.2 Å². The summed E-state index contributed by atoms with van der Waals surface area (Å²) in [5.41, 5.74) is 0.000771. The Morgan fingerprint density at radius 3 is 2.35 bits per heavy atom. The number of amides is 1. The highest BCUT2D eigenvalue weighted by molar-refractivity contribution is 8.01. The Balaban J connectivity index is 0.00000256. The molecule has 1 amide bonds. The van der Waals surface area contributed by atoms with Crippen molar-refractivity contribution in [2.75, 3.05) is 18.8 Å². The van der Waals surface area contributed by atoms with Crippen LogP contribution in [0.5, 0.6) is 0 Å². The van der Waals surface area contributed by atoms with E-state index in [1.807, 2.05) is 0 Å². The first-order valence-corrected chi connectivity index (χ1v) is 6.95. The largest absolute Gasteiger partial charge is 0.350 e. The summed E-state index contributed by atoms with van der Waals surface area (Å²) in [7, 11) is 0. The van der Waals surface area contributed by atoms with Gasteiger partial charge in [-0.05, 0) is 32.9 Å². The van der Waals surface area contributed by atoms with Gasteiger partial charge in [0, 0.05) is 10.3 Å². The molecule has 0 spiro atoms. The van der Waals surface area contributed by atoms with Crippen LogP contribution in [0, 0.1) is 0 Å². The van der Waals surface area contributed by atoms with E-state index in [-0.39, 0.29) is 28.6 Å². The molecule has 1 aliphatic heterocycles. The van der Waals surface area contributed by atoms with Crippen molar-refractivity contribution in [2.45, 2.75) is 50.8 Å². The molecule has 1 fully saturated rings. The summed E-state index contributed by atoms with van der Waals surface area (Å²) in [5.74, 6) is 0.733. The number of hydrogen-bond donors (Lipinski definition) is 2. The van der Waals surface area contributed by atoms with E-state index in [0.29, 0.717) is 5.75 Å². The first-order valence-electron chi connectivity index (χ1n) is 5.96. The van der Waals surface area contributed by atoms with E-state index in [0.717, 1.165) is 25.9 Å². The minimum absolute atomic E-state index is 0. The molecule has 0 aromatic carbocycles. The Labute approximate surface area is 115 Å². The molecular weight excluding hydrogens is 256 g/mol. The zero-order chi connectivity index (χ0) is 12.2. The molecule has 5 heteroatoms. The molecule has 17 heavy (non-hydrogen) atoms. The van der Waals surface area contributed by atoms with E-state index >= 15 is 0 Å². The maximum absolute atomic E-state index is 11.8. The number of thioether (sulfide) groups is 1. The molecule has 2 N–H and O–H groups in total. The topological polar surface area (TPSA) is 41.1 Å². The fourth-order valence-electron chi connectivity index (χ4n) is 1.76. The SMILES string of the molecule is CC1(NC(=O)CSC(C)(C)C)CCNCC1.Cl. The molecule has 1 aliphatic rings. The molecular formula is C12H25ClN2OS. The number of hydrogen-bond acceptors (Lipinski definition) is 3. The highest BCUT2D eigenvalue weighted by atomic mass is 35.5. The average molecular weight is 281 g/mol. The molecule has 102 valence electrons. The fraction of sp³-hybridized carbons (Fsp3) is 0.917. The van der Waals surface area contributed by atoms with Crippen molar-refractivity contribution in [1.82, 2.24) is 10.6 Å². The van der Waals surface area contributed by atoms with Gasteiger partial charge in [-0.25, -0.2) is 0 Å². The summed E-state index contributed by atoms with van der Waals surface area (Å²) in [4.78, 5) is 11.8. The number of halogens is 1. The van der Waals surface area contributed by atoms with Gasteiger partial charge in [-0.2, -0.15) is 0 Å². The van der Waals surface area contributed by atoms with Crippen molar-refractivity contribution in [3.05, 3.63) is 0 Å². The van der Waals surface area contributed by atoms with Gasteiger partial charge in [0.05, 0.1) is 5.75 Å². The second-order valence-electron chi connectivity index (χ2n) is 5.76. The zero-order valence-electron chi connectivity index (χ0n) is 11.3. The van der Waals surface area contributed by atoms with Crippen LogP contribution in [0.3, 0.4) is 0 Å². The third kappa shape index (κ3) is 7.17. The monoisotopic (exact) mass is 280 g/mol. The lowest BCUT2D eigenvalue weighted by Gasteiger charge is -2.35. The minimum atomic E-state index is 0. The number of carbonyl (C=O) groups is 1. The lowest BCUT2D eigenvalue weighted by molar-refractivity contribution is -0.120. The van der Waals surface area contributed by atoms with Gasteiger partial charge in [0.2, 0.25) is 5.91 Å². The summed E-state index contributed by atoms with van der Waals surface area (Å²) in [6.45, 7) is 10.6. The summed E-state index contributed by atoms with van der Waals surface area (Å²) >= 11 is 1.70. The number of piperidine rings is 1. The second kappa shape index (κ2) is 6.86. The maximum atomic E-state index is 11.8. The van der Waals surface area contributed by atoms with Crippen LogP contribution in [0.2, 0.25) is 0 Å². The first kappa shape index (κ1) is 17.1. The van der Waals surface area contributed by atoms with Gasteiger partial charge in [-0.3, -0.25) is 4.79 Å². The van der Waals surface area contributed by atoms with Crippen molar-refractivity contribution < 1.29 is 4.79 Å². The second-order valence-corrected chi connectivity index (χ2v) is 7.56. The van der Waals surface area contributed by atoms with Crippen molar-refractivity contribution >= 4 is 30.1 Å². The number of rotatable bonds is 3. The molecule has 0 aliphatic carbocycles. The smallest absolute Gasteiger partial charge is 0.230 e. The van der Waals surface area contributed by atoms with Gasteiger partial charge in [0.15, 0.2) is 0 Å². The fourth-order valence-corrected chi connectivity index (χ4v) is 2.39. The van der Waals surface area contributed by atoms with Crippen molar-refractivity contribution in [3.63, 3.8) is 0 Å². The molecule has 0 atom stereocenters. The van der Waals surface area contributed by atoms with Crippen LogP contribution in [-0.4, -0.2) is 35.0 Å². The third-order valence-electron chi connectivity index (χ3n) is 2.78. The van der Waals surface area contributed by atoms with Crippen LogP contribution < -0.4 is 10.6 Å². The highest BCUT2D eigenvalue weighted by Gasteiger charge is 2.28. The van der Waals surface area contributed by atoms with E-state index < -0.39 is 0 Å². The highest BCUT2D eigenvalue weighted by Crippen LogP contribution is 2.23. The average Bonchev–Trinajstić information content (AvgIpc) is 2.14. The molecule has 0 bridgehead atoms. The maximum Gasteiger partial charge on any atom is 0.230 e. The van der Waals surface area contributed by atoms with Crippen LogP contribution in [0.25, 0.3) is 0 Å². The summed E-state index contributed by atoms with van der Waals surface area (Å²) < 4.78 is 0.159. The Bertz CT molecular complexity index is 247. The number of nitrogens with one attached hydrogen (secondary N) is 2. The predicted octanol–water partition coefficient (Wildman–Crippen LogP) is 2.20. The van der Waals surface area contributed by atoms with E-state index in [1.54, 1.807) is 11.8 Å². The van der Waals surface area contributed by atoms with Gasteiger partial charge in [-0.1, -0.05) is 20.8 Å². The Morgan fingerprint density at radius 2 is 1.88 bits per heavy atom. The van der Waals surface area contributed by atoms with Crippen LogP contribution in [0.15, 0.2) is 0 Å². The summed E-state index contributed by atoms with van der Waals surface area (Å²) in [6, 6.07) is 0. The standard InChI is InChI=1S/C12H24N2OS.ClH/c1-11(2,3)16-9-10(15)14-12(4)5-7-13-8-6-12;/h13H,5-9H2,1-4H3,(H,14,15);1H. The van der Waals surface area contributed by atoms with Crippen LogP contribution in [0.4, 0.5) is 0 Å². The predicted molar refractivity (Wildman–Crippen MR) is 78.1 cm³/mol. The van der Waals surface area contributed by atoms with Gasteiger partial charge >= 0.3 is 0 Å². The van der Waals surface area contributed by atoms with Gasteiger partial charge in [0.1, 0.15) is 0 Å². The van der Waals surface area contributed by atoms with Gasteiger partial charge in [0.25, 0.3) is 0 Å². The third-order valence-corrected chi connectivity index (χ3v) is 4.06. The number of carbonyl (C=O) groups excluding carboxylic acids is 1. The van der Waals surface area contributed by atoms with E-state index in [4.69, 9.17) is 0 Å². The Hall–Kier alpha value is 0.0700. The lowest BCUT2D eigenvalue weighted by atomic mass is 9.91. The van der Waals surface area contributed by atoms with Crippen LogP contribution >= 0.6 is 24.2 Å². The molecule has 0 saturated carbocycles. The van der Waals surface area contributed by atoms with Crippen LogP contribution in [0.1, 0.15) is 40.5 Å². The summed E-state index contributed by atoms with van der Waals surface area (Å²) in [6.07, 6.45) is 2.05.